The van der Waals surface area contributed by atoms with Crippen molar-refractivity contribution in [2.24, 2.45) is 0 Å². The zero-order valence-corrected chi connectivity index (χ0v) is 10.5. The van der Waals surface area contributed by atoms with Crippen LogP contribution in [0.25, 0.3) is 11.0 Å². The minimum absolute atomic E-state index is 0.198. The van der Waals surface area contributed by atoms with Crippen molar-refractivity contribution in [3.05, 3.63) is 29.0 Å². The fourth-order valence-electron chi connectivity index (χ4n) is 2.19. The summed E-state index contributed by atoms with van der Waals surface area (Å²) in [6, 6.07) is 5.80. The van der Waals surface area contributed by atoms with Crippen LogP contribution >= 0.6 is 23.2 Å². The molecule has 1 aromatic carbocycles. The zero-order valence-electron chi connectivity index (χ0n) is 9.00. The minimum atomic E-state index is 0.198. The van der Waals surface area contributed by atoms with Gasteiger partial charge < -0.3 is 4.57 Å². The first-order chi connectivity index (χ1) is 7.64. The van der Waals surface area contributed by atoms with Crippen molar-refractivity contribution in [2.75, 3.05) is 0 Å². The van der Waals surface area contributed by atoms with Gasteiger partial charge in [0.2, 0.25) is 0 Å². The number of rotatable bonds is 2. The van der Waals surface area contributed by atoms with Crippen molar-refractivity contribution >= 4 is 34.2 Å². The van der Waals surface area contributed by atoms with Gasteiger partial charge in [-0.15, -0.1) is 11.6 Å². The second-order valence-electron chi connectivity index (χ2n) is 4.63. The number of aromatic nitrogens is 2. The van der Waals surface area contributed by atoms with Crippen LogP contribution < -0.4 is 0 Å². The Bertz CT molecular complexity index is 555. The van der Waals surface area contributed by atoms with E-state index < -0.39 is 0 Å². The highest BCUT2D eigenvalue weighted by atomic mass is 35.5. The summed E-state index contributed by atoms with van der Waals surface area (Å²) in [5, 5.41) is 0.749. The molecule has 0 bridgehead atoms. The maximum atomic E-state index is 6.04. The molecule has 1 saturated carbocycles. The van der Waals surface area contributed by atoms with Crippen LogP contribution in [0.4, 0.5) is 0 Å². The molecule has 16 heavy (non-hydrogen) atoms. The standard InChI is InChI=1S/C12H12Cl2N2/c1-12(4-5-12)16-10-6-8(14)2-3-9(10)15-11(16)7-13/h2-3,6H,4-5,7H2,1H3. The van der Waals surface area contributed by atoms with Gasteiger partial charge in [0.25, 0.3) is 0 Å². The lowest BCUT2D eigenvalue weighted by molar-refractivity contribution is 0.531. The Morgan fingerprint density at radius 1 is 1.44 bits per heavy atom. The first kappa shape index (κ1) is 10.4. The summed E-state index contributed by atoms with van der Waals surface area (Å²) >= 11 is 12.0. The number of hydrogen-bond acceptors (Lipinski definition) is 1. The Morgan fingerprint density at radius 2 is 2.19 bits per heavy atom. The normalized spacial score (nSPS) is 17.9. The van der Waals surface area contributed by atoms with Gasteiger partial charge in [-0.2, -0.15) is 0 Å². The molecule has 0 radical (unpaired) electrons. The molecule has 0 amide bonds. The summed E-state index contributed by atoms with van der Waals surface area (Å²) in [4.78, 5) is 4.55. The molecule has 0 N–H and O–H groups in total. The summed E-state index contributed by atoms with van der Waals surface area (Å²) in [5.74, 6) is 1.39. The largest absolute Gasteiger partial charge is 0.321 e. The molecule has 0 spiro atoms. The van der Waals surface area contributed by atoms with Crippen LogP contribution in [0, 0.1) is 0 Å². The van der Waals surface area contributed by atoms with Gasteiger partial charge in [-0.3, -0.25) is 0 Å². The molecule has 1 aromatic heterocycles. The lowest BCUT2D eigenvalue weighted by atomic mass is 10.2. The molecule has 1 aliphatic carbocycles. The van der Waals surface area contributed by atoms with Gasteiger partial charge in [0, 0.05) is 10.6 Å². The van der Waals surface area contributed by atoms with Crippen molar-refractivity contribution in [3.8, 4) is 0 Å². The third kappa shape index (κ3) is 1.44. The predicted molar refractivity (Wildman–Crippen MR) is 67.2 cm³/mol. The van der Waals surface area contributed by atoms with Crippen LogP contribution in [0.3, 0.4) is 0 Å². The van der Waals surface area contributed by atoms with E-state index in [1.807, 2.05) is 18.2 Å². The Labute approximate surface area is 104 Å². The second kappa shape index (κ2) is 3.38. The molecule has 3 rings (SSSR count). The Kier molecular flexibility index (Phi) is 2.20. The van der Waals surface area contributed by atoms with Crippen LogP contribution in [0.15, 0.2) is 18.2 Å². The third-order valence-electron chi connectivity index (χ3n) is 3.32. The van der Waals surface area contributed by atoms with Crippen LogP contribution in [0.2, 0.25) is 5.02 Å². The topological polar surface area (TPSA) is 17.8 Å². The molecular weight excluding hydrogens is 243 g/mol. The highest BCUT2D eigenvalue weighted by Crippen LogP contribution is 2.46. The number of imidazole rings is 1. The van der Waals surface area contributed by atoms with E-state index in [2.05, 4.69) is 16.5 Å². The van der Waals surface area contributed by atoms with Gasteiger partial charge in [0.15, 0.2) is 0 Å². The van der Waals surface area contributed by atoms with Gasteiger partial charge in [-0.05, 0) is 38.0 Å². The van der Waals surface area contributed by atoms with Gasteiger partial charge in [-0.1, -0.05) is 11.6 Å². The average Bonchev–Trinajstić information content (AvgIpc) is 2.89. The lowest BCUT2D eigenvalue weighted by Gasteiger charge is -2.15. The molecular formula is C12H12Cl2N2. The first-order valence-electron chi connectivity index (χ1n) is 5.37. The molecule has 0 atom stereocenters. The Morgan fingerprint density at radius 3 is 2.81 bits per heavy atom. The van der Waals surface area contributed by atoms with E-state index in [1.54, 1.807) is 0 Å². The van der Waals surface area contributed by atoms with Crippen molar-refractivity contribution in [1.29, 1.82) is 0 Å². The van der Waals surface area contributed by atoms with Crippen molar-refractivity contribution in [2.45, 2.75) is 31.2 Å². The van der Waals surface area contributed by atoms with Gasteiger partial charge in [-0.25, -0.2) is 4.98 Å². The SMILES string of the molecule is CC1(n2c(CCl)nc3ccc(Cl)cc32)CC1. The smallest absolute Gasteiger partial charge is 0.125 e. The maximum absolute atomic E-state index is 6.04. The molecule has 0 unspecified atom stereocenters. The van der Waals surface area contributed by atoms with E-state index in [0.717, 1.165) is 21.9 Å². The van der Waals surface area contributed by atoms with E-state index >= 15 is 0 Å². The van der Waals surface area contributed by atoms with Crippen LogP contribution in [0.5, 0.6) is 0 Å². The number of hydrogen-bond donors (Lipinski definition) is 0. The maximum Gasteiger partial charge on any atom is 0.125 e. The highest BCUT2D eigenvalue weighted by molar-refractivity contribution is 6.31. The number of fused-ring (bicyclic) bond motifs is 1. The molecule has 84 valence electrons. The second-order valence-corrected chi connectivity index (χ2v) is 5.33. The summed E-state index contributed by atoms with van der Waals surface area (Å²) in [6.45, 7) is 2.24. The lowest BCUT2D eigenvalue weighted by Crippen LogP contribution is -2.14. The zero-order chi connectivity index (χ0) is 11.3. The Balaban J connectivity index is 2.33. The third-order valence-corrected chi connectivity index (χ3v) is 3.79. The number of nitrogens with zero attached hydrogens (tertiary/aromatic N) is 2. The van der Waals surface area contributed by atoms with Gasteiger partial charge in [0.1, 0.15) is 5.82 Å². The van der Waals surface area contributed by atoms with E-state index in [0.29, 0.717) is 5.88 Å². The van der Waals surface area contributed by atoms with E-state index in [1.165, 1.54) is 12.8 Å². The van der Waals surface area contributed by atoms with Crippen molar-refractivity contribution < 1.29 is 0 Å². The number of benzene rings is 1. The highest BCUT2D eigenvalue weighted by Gasteiger charge is 2.41. The van der Waals surface area contributed by atoms with Crippen LogP contribution in [0.1, 0.15) is 25.6 Å². The summed E-state index contributed by atoms with van der Waals surface area (Å²) in [6.07, 6.45) is 2.38. The quantitative estimate of drug-likeness (QED) is 0.743. The minimum Gasteiger partial charge on any atom is -0.321 e. The molecule has 2 nitrogen and oxygen atoms in total. The summed E-state index contributed by atoms with van der Waals surface area (Å²) in [5.41, 5.74) is 2.28. The van der Waals surface area contributed by atoms with Crippen molar-refractivity contribution in [3.63, 3.8) is 0 Å². The van der Waals surface area contributed by atoms with Crippen LogP contribution in [-0.4, -0.2) is 9.55 Å². The summed E-state index contributed by atoms with van der Waals surface area (Å²) < 4.78 is 2.25. The molecule has 1 aliphatic rings. The fraction of sp³-hybridized carbons (Fsp3) is 0.417. The summed E-state index contributed by atoms with van der Waals surface area (Å²) in [7, 11) is 0. The molecule has 2 aromatic rings. The van der Waals surface area contributed by atoms with E-state index in [9.17, 15) is 0 Å². The Hall–Kier alpha value is -0.730. The molecule has 0 saturated heterocycles. The molecule has 1 heterocycles. The number of alkyl halides is 1. The van der Waals surface area contributed by atoms with Crippen molar-refractivity contribution in [1.82, 2.24) is 9.55 Å². The molecule has 0 aliphatic heterocycles. The monoisotopic (exact) mass is 254 g/mol. The number of halogens is 2. The van der Waals surface area contributed by atoms with E-state index in [-0.39, 0.29) is 5.54 Å². The van der Waals surface area contributed by atoms with Gasteiger partial charge in [0.05, 0.1) is 16.9 Å². The van der Waals surface area contributed by atoms with E-state index in [4.69, 9.17) is 23.2 Å². The average molecular weight is 255 g/mol. The molecule has 4 heteroatoms. The molecule has 1 fully saturated rings. The van der Waals surface area contributed by atoms with Crippen LogP contribution in [-0.2, 0) is 11.4 Å². The van der Waals surface area contributed by atoms with Gasteiger partial charge >= 0.3 is 0 Å². The fourth-order valence-corrected chi connectivity index (χ4v) is 2.54. The first-order valence-corrected chi connectivity index (χ1v) is 6.29. The predicted octanol–water partition coefficient (Wildman–Crippen LogP) is 3.94.